The fourth-order valence-electron chi connectivity index (χ4n) is 3.27. The molecule has 3 N–H and O–H groups in total. The molecule has 0 fully saturated rings. The second kappa shape index (κ2) is 9.11. The lowest BCUT2D eigenvalue weighted by Crippen LogP contribution is -2.16. The highest BCUT2D eigenvalue weighted by Crippen LogP contribution is 2.41. The molecule has 0 saturated heterocycles. The molecule has 2 aromatic carbocycles. The monoisotopic (exact) mass is 400 g/mol. The summed E-state index contributed by atoms with van der Waals surface area (Å²) in [5.74, 6) is 1.77. The average molecular weight is 401 g/mol. The molecule has 0 aliphatic carbocycles. The Morgan fingerprint density at radius 2 is 0.966 bits per heavy atom. The van der Waals surface area contributed by atoms with Gasteiger partial charge in [0.25, 0.3) is 0 Å². The molecule has 0 aromatic heterocycles. The van der Waals surface area contributed by atoms with Crippen LogP contribution in [0.3, 0.4) is 0 Å². The normalized spacial score (nSPS) is 12.1. The number of benzene rings is 2. The van der Waals surface area contributed by atoms with Gasteiger partial charge >= 0.3 is 0 Å². The predicted molar refractivity (Wildman–Crippen MR) is 123 cm³/mol. The second-order valence-electron chi connectivity index (χ2n) is 10.5. The highest BCUT2D eigenvalue weighted by atomic mass is 16.3. The van der Waals surface area contributed by atoms with Crippen molar-refractivity contribution in [2.45, 2.75) is 91.9 Å². The zero-order valence-electron chi connectivity index (χ0n) is 19.9. The van der Waals surface area contributed by atoms with Crippen molar-refractivity contribution in [3.63, 3.8) is 0 Å². The van der Waals surface area contributed by atoms with Gasteiger partial charge in [-0.3, -0.25) is 0 Å². The Labute approximate surface area is 177 Å². The summed E-state index contributed by atoms with van der Waals surface area (Å²) in [7, 11) is 0. The van der Waals surface area contributed by atoms with Gasteiger partial charge in [0.2, 0.25) is 0 Å². The van der Waals surface area contributed by atoms with E-state index in [4.69, 9.17) is 0 Å². The van der Waals surface area contributed by atoms with Crippen LogP contribution in [0, 0.1) is 0 Å². The van der Waals surface area contributed by atoms with Gasteiger partial charge in [0.05, 0.1) is 0 Å². The van der Waals surface area contributed by atoms with E-state index < -0.39 is 0 Å². The van der Waals surface area contributed by atoms with Crippen LogP contribution in [-0.4, -0.2) is 15.3 Å². The van der Waals surface area contributed by atoms with Crippen molar-refractivity contribution in [2.75, 3.05) is 0 Å². The molecule has 0 aliphatic heterocycles. The van der Waals surface area contributed by atoms with Crippen molar-refractivity contribution >= 4 is 0 Å². The molecule has 2 rings (SSSR count). The molecule has 2 aromatic rings. The SMILES string of the molecule is CC(C)(C)c1cc(O)cc(C(C)(C)C)c1O.CC(C)c1cccc(C(C)C)c1O. The topological polar surface area (TPSA) is 60.7 Å². The minimum absolute atomic E-state index is 0.178. The quantitative estimate of drug-likeness (QED) is 0.462. The van der Waals surface area contributed by atoms with Crippen molar-refractivity contribution in [3.8, 4) is 17.2 Å². The molecular weight excluding hydrogens is 360 g/mol. The molecule has 29 heavy (non-hydrogen) atoms. The Morgan fingerprint density at radius 3 is 1.24 bits per heavy atom. The molecule has 0 atom stereocenters. The Hall–Kier alpha value is -2.16. The van der Waals surface area contributed by atoms with Crippen LogP contribution >= 0.6 is 0 Å². The Kier molecular flexibility index (Phi) is 7.81. The van der Waals surface area contributed by atoms with Crippen LogP contribution in [0.15, 0.2) is 30.3 Å². The Balaban J connectivity index is 0.000000296. The number of aromatic hydroxyl groups is 3. The predicted octanol–water partition coefficient (Wildman–Crippen LogP) is 7.33. The number of phenols is 3. The second-order valence-corrected chi connectivity index (χ2v) is 10.5. The van der Waals surface area contributed by atoms with Gasteiger partial charge in [0.1, 0.15) is 17.2 Å². The first-order chi connectivity index (χ1) is 13.1. The summed E-state index contributed by atoms with van der Waals surface area (Å²) >= 11 is 0. The first kappa shape index (κ1) is 24.9. The maximum Gasteiger partial charge on any atom is 0.123 e. The van der Waals surface area contributed by atoms with Gasteiger partial charge in [0.15, 0.2) is 0 Å². The standard InChI is InChI=1S/C14H22O2.C12H18O/c1-13(2,3)10-7-9(15)8-11(12(10)16)14(4,5)6;1-8(2)10-6-5-7-11(9(3)4)12(10)13/h7-8,15-16H,1-6H3;5-9,13H,1-4H3. The number of hydrogen-bond acceptors (Lipinski definition) is 3. The van der Waals surface area contributed by atoms with Crippen LogP contribution in [0.5, 0.6) is 17.2 Å². The average Bonchev–Trinajstić information content (AvgIpc) is 2.55. The number of rotatable bonds is 2. The smallest absolute Gasteiger partial charge is 0.123 e. The molecule has 0 unspecified atom stereocenters. The molecule has 0 radical (unpaired) electrons. The van der Waals surface area contributed by atoms with E-state index in [0.29, 0.717) is 23.3 Å². The summed E-state index contributed by atoms with van der Waals surface area (Å²) in [6.45, 7) is 20.5. The highest BCUT2D eigenvalue weighted by molar-refractivity contribution is 5.51. The van der Waals surface area contributed by atoms with Crippen LogP contribution in [0.1, 0.15) is 103 Å². The summed E-state index contributed by atoms with van der Waals surface area (Å²) in [6, 6.07) is 9.29. The van der Waals surface area contributed by atoms with Crippen LogP contribution in [0.4, 0.5) is 0 Å². The number of para-hydroxylation sites is 1. The maximum atomic E-state index is 10.3. The van der Waals surface area contributed by atoms with Crippen LogP contribution < -0.4 is 0 Å². The molecule has 0 heterocycles. The van der Waals surface area contributed by atoms with Crippen molar-refractivity contribution in [1.82, 2.24) is 0 Å². The van der Waals surface area contributed by atoms with E-state index in [1.54, 1.807) is 12.1 Å². The summed E-state index contributed by atoms with van der Waals surface area (Å²) in [4.78, 5) is 0. The first-order valence-corrected chi connectivity index (χ1v) is 10.5. The van der Waals surface area contributed by atoms with E-state index in [-0.39, 0.29) is 16.6 Å². The zero-order valence-corrected chi connectivity index (χ0v) is 19.9. The minimum Gasteiger partial charge on any atom is -0.508 e. The zero-order chi connectivity index (χ0) is 22.7. The van der Waals surface area contributed by atoms with Crippen molar-refractivity contribution in [1.29, 1.82) is 0 Å². The molecule has 0 saturated carbocycles. The molecule has 0 spiro atoms. The first-order valence-electron chi connectivity index (χ1n) is 10.5. The van der Waals surface area contributed by atoms with Crippen molar-refractivity contribution in [2.24, 2.45) is 0 Å². The molecule has 0 bridgehead atoms. The Bertz CT molecular complexity index is 758. The van der Waals surface area contributed by atoms with E-state index in [2.05, 4.69) is 27.7 Å². The van der Waals surface area contributed by atoms with E-state index in [0.717, 1.165) is 22.3 Å². The summed E-state index contributed by atoms with van der Waals surface area (Å²) < 4.78 is 0. The number of hydrogen-bond donors (Lipinski definition) is 3. The van der Waals surface area contributed by atoms with Gasteiger partial charge in [-0.25, -0.2) is 0 Å². The summed E-state index contributed by atoms with van der Waals surface area (Å²) in [5.41, 5.74) is 3.32. The van der Waals surface area contributed by atoms with E-state index in [1.165, 1.54) is 0 Å². The van der Waals surface area contributed by atoms with Crippen LogP contribution in [0.2, 0.25) is 0 Å². The third-order valence-electron chi connectivity index (χ3n) is 5.05. The fourth-order valence-corrected chi connectivity index (χ4v) is 3.27. The van der Waals surface area contributed by atoms with Crippen LogP contribution in [0.25, 0.3) is 0 Å². The molecule has 0 amide bonds. The summed E-state index contributed by atoms with van der Waals surface area (Å²) in [5, 5.41) is 29.9. The third kappa shape index (κ3) is 6.42. The molecule has 0 aliphatic rings. The van der Waals surface area contributed by atoms with Gasteiger partial charge < -0.3 is 15.3 Å². The molecule has 3 heteroatoms. The van der Waals surface area contributed by atoms with E-state index in [9.17, 15) is 15.3 Å². The lowest BCUT2D eigenvalue weighted by molar-refractivity contribution is 0.413. The van der Waals surface area contributed by atoms with E-state index in [1.807, 2.05) is 59.7 Å². The van der Waals surface area contributed by atoms with E-state index >= 15 is 0 Å². The van der Waals surface area contributed by atoms with Crippen molar-refractivity contribution in [3.05, 3.63) is 52.6 Å². The largest absolute Gasteiger partial charge is 0.508 e. The van der Waals surface area contributed by atoms with Crippen molar-refractivity contribution < 1.29 is 15.3 Å². The van der Waals surface area contributed by atoms with Gasteiger partial charge in [-0.1, -0.05) is 87.4 Å². The van der Waals surface area contributed by atoms with Crippen LogP contribution in [-0.2, 0) is 10.8 Å². The molecule has 3 nitrogen and oxygen atoms in total. The van der Waals surface area contributed by atoms with Gasteiger partial charge in [-0.15, -0.1) is 0 Å². The lowest BCUT2D eigenvalue weighted by Gasteiger charge is -2.27. The van der Waals surface area contributed by atoms with Gasteiger partial charge in [-0.2, -0.15) is 0 Å². The molecule has 162 valence electrons. The van der Waals surface area contributed by atoms with Gasteiger partial charge in [0, 0.05) is 11.1 Å². The number of phenolic OH excluding ortho intramolecular Hbond substituents is 3. The highest BCUT2D eigenvalue weighted by Gasteiger charge is 2.26. The summed E-state index contributed by atoms with van der Waals surface area (Å²) in [6.07, 6.45) is 0. The van der Waals surface area contributed by atoms with Gasteiger partial charge in [-0.05, 0) is 45.9 Å². The Morgan fingerprint density at radius 1 is 0.621 bits per heavy atom. The molecular formula is C26H40O3. The lowest BCUT2D eigenvalue weighted by atomic mass is 9.79. The third-order valence-corrected chi connectivity index (χ3v) is 5.05. The fraction of sp³-hybridized carbons (Fsp3) is 0.538. The minimum atomic E-state index is -0.178. The maximum absolute atomic E-state index is 10.3.